The molecule has 0 amide bonds. The zero-order valence-corrected chi connectivity index (χ0v) is 15.1. The van der Waals surface area contributed by atoms with Gasteiger partial charge in [0.15, 0.2) is 11.5 Å². The molecule has 2 aromatic heterocycles. The molecule has 0 saturated carbocycles. The van der Waals surface area contributed by atoms with Crippen LogP contribution in [0.5, 0.6) is 0 Å². The van der Waals surface area contributed by atoms with Gasteiger partial charge in [0.1, 0.15) is 0 Å². The summed E-state index contributed by atoms with van der Waals surface area (Å²) in [5.41, 5.74) is 0.379. The summed E-state index contributed by atoms with van der Waals surface area (Å²) in [6.45, 7) is 1.90. The van der Waals surface area contributed by atoms with Gasteiger partial charge < -0.3 is 0 Å². The molecule has 0 bridgehead atoms. The highest BCUT2D eigenvalue weighted by Gasteiger charge is 2.40. The summed E-state index contributed by atoms with van der Waals surface area (Å²) in [5, 5.41) is 15.3. The number of tetrazole rings is 1. The van der Waals surface area contributed by atoms with Crippen LogP contribution in [0.4, 0.5) is 13.2 Å². The van der Waals surface area contributed by atoms with Crippen LogP contribution >= 0.6 is 11.6 Å². The van der Waals surface area contributed by atoms with E-state index in [0.717, 1.165) is 16.4 Å². The number of rotatable bonds is 3. The Morgan fingerprint density at radius 1 is 0.964 bits per heavy atom. The quantitative estimate of drug-likeness (QED) is 0.504. The van der Waals surface area contributed by atoms with Gasteiger partial charge >= 0.3 is 6.18 Å². The van der Waals surface area contributed by atoms with Crippen molar-refractivity contribution in [2.75, 3.05) is 0 Å². The molecular weight excluding hydrogens is 393 g/mol. The maximum absolute atomic E-state index is 14.0. The molecule has 0 aliphatic heterocycles. The van der Waals surface area contributed by atoms with Crippen molar-refractivity contribution in [3.8, 4) is 22.8 Å². The van der Waals surface area contributed by atoms with Crippen LogP contribution in [0.25, 0.3) is 22.8 Å². The van der Waals surface area contributed by atoms with E-state index >= 15 is 0 Å². The summed E-state index contributed by atoms with van der Waals surface area (Å²) in [7, 11) is 0. The number of hydrogen-bond donors (Lipinski definition) is 0. The largest absolute Gasteiger partial charge is 0.434 e. The van der Waals surface area contributed by atoms with Crippen molar-refractivity contribution in [3.05, 3.63) is 71.0 Å². The number of benzene rings is 2. The molecule has 0 unspecified atom stereocenters. The molecule has 0 radical (unpaired) electrons. The number of aryl methyl sites for hydroxylation is 1. The Kier molecular flexibility index (Phi) is 4.38. The van der Waals surface area contributed by atoms with Gasteiger partial charge in [-0.25, -0.2) is 4.68 Å². The summed E-state index contributed by atoms with van der Waals surface area (Å²) < 4.78 is 43.9. The van der Waals surface area contributed by atoms with Crippen LogP contribution in [0.1, 0.15) is 11.3 Å². The van der Waals surface area contributed by atoms with E-state index < -0.39 is 11.9 Å². The lowest BCUT2D eigenvalue weighted by atomic mass is 10.2. The molecule has 0 atom stereocenters. The topological polar surface area (TPSA) is 61.4 Å². The Labute approximate surface area is 162 Å². The highest BCUT2D eigenvalue weighted by atomic mass is 35.5. The van der Waals surface area contributed by atoms with Gasteiger partial charge in [-0.2, -0.15) is 23.0 Å². The third-order valence-electron chi connectivity index (χ3n) is 4.11. The fraction of sp³-hybridized carbons (Fsp3) is 0.111. The van der Waals surface area contributed by atoms with Crippen molar-refractivity contribution in [1.29, 1.82) is 0 Å². The first-order valence-corrected chi connectivity index (χ1v) is 8.50. The molecule has 0 aliphatic rings. The first-order valence-electron chi connectivity index (χ1n) is 8.12. The summed E-state index contributed by atoms with van der Waals surface area (Å²) in [6.07, 6.45) is -3.63. The van der Waals surface area contributed by atoms with E-state index in [1.165, 1.54) is 16.8 Å². The second-order valence-corrected chi connectivity index (χ2v) is 6.42. The smallest absolute Gasteiger partial charge is 0.226 e. The van der Waals surface area contributed by atoms with Crippen LogP contribution in [0, 0.1) is 6.92 Å². The fourth-order valence-corrected chi connectivity index (χ4v) is 3.02. The van der Waals surface area contributed by atoms with E-state index in [-0.39, 0.29) is 22.1 Å². The number of alkyl halides is 3. The maximum Gasteiger partial charge on any atom is 0.434 e. The highest BCUT2D eigenvalue weighted by Crippen LogP contribution is 2.39. The van der Waals surface area contributed by atoms with E-state index in [4.69, 9.17) is 11.6 Å². The minimum absolute atomic E-state index is 0.0746. The van der Waals surface area contributed by atoms with Gasteiger partial charge in [-0.05, 0) is 41.6 Å². The summed E-state index contributed by atoms with van der Waals surface area (Å²) in [5.74, 6) is -0.0746. The first kappa shape index (κ1) is 18.2. The lowest BCUT2D eigenvalue weighted by Gasteiger charge is -2.13. The molecular formula is C18H12ClF3N6. The van der Waals surface area contributed by atoms with Crippen LogP contribution in [0.3, 0.4) is 0 Å². The highest BCUT2D eigenvalue weighted by molar-refractivity contribution is 6.32. The van der Waals surface area contributed by atoms with Crippen LogP contribution in [0.15, 0.2) is 54.7 Å². The SMILES string of the molecule is Cc1ccc(-n2nnnc2-c2cnn(-c3ccccc3Cl)c2C(F)(F)F)cc1. The Bertz CT molecular complexity index is 1130. The second-order valence-electron chi connectivity index (χ2n) is 6.02. The monoisotopic (exact) mass is 404 g/mol. The number of hydrogen-bond acceptors (Lipinski definition) is 4. The summed E-state index contributed by atoms with van der Waals surface area (Å²) in [6, 6.07) is 13.2. The van der Waals surface area contributed by atoms with E-state index in [1.54, 1.807) is 24.3 Å². The van der Waals surface area contributed by atoms with Gasteiger partial charge in [0.25, 0.3) is 0 Å². The van der Waals surface area contributed by atoms with Gasteiger partial charge in [-0.1, -0.05) is 41.4 Å². The molecule has 0 fully saturated rings. The fourth-order valence-electron chi connectivity index (χ4n) is 2.81. The zero-order valence-electron chi connectivity index (χ0n) is 14.4. The molecule has 28 heavy (non-hydrogen) atoms. The van der Waals surface area contributed by atoms with Crippen molar-refractivity contribution in [2.24, 2.45) is 0 Å². The average Bonchev–Trinajstić information content (AvgIpc) is 3.29. The number of halogens is 4. The molecule has 2 aromatic carbocycles. The molecule has 6 nitrogen and oxygen atoms in total. The average molecular weight is 405 g/mol. The second kappa shape index (κ2) is 6.75. The van der Waals surface area contributed by atoms with Crippen molar-refractivity contribution < 1.29 is 13.2 Å². The standard InChI is InChI=1S/C18H12ClF3N6/c1-11-6-8-12(9-7-11)27-17(24-25-26-27)13-10-23-28(16(13)18(20,21)22)15-5-3-2-4-14(15)19/h2-10H,1H3. The molecule has 0 saturated heterocycles. The molecule has 10 heteroatoms. The normalized spacial score (nSPS) is 11.8. The van der Waals surface area contributed by atoms with Crippen molar-refractivity contribution in [3.63, 3.8) is 0 Å². The van der Waals surface area contributed by atoms with Gasteiger partial charge in [0.2, 0.25) is 0 Å². The summed E-state index contributed by atoms with van der Waals surface area (Å²) >= 11 is 6.08. The Balaban J connectivity index is 1.93. The van der Waals surface area contributed by atoms with Gasteiger partial charge in [-0.15, -0.1) is 5.10 Å². The van der Waals surface area contributed by atoms with Gasteiger partial charge in [-0.3, -0.25) is 0 Å². The lowest BCUT2D eigenvalue weighted by Crippen LogP contribution is -2.15. The van der Waals surface area contributed by atoms with Crippen LogP contribution < -0.4 is 0 Å². The van der Waals surface area contributed by atoms with Crippen LogP contribution in [-0.4, -0.2) is 30.0 Å². The molecule has 0 spiro atoms. The molecule has 0 aliphatic carbocycles. The predicted octanol–water partition coefficient (Wildman–Crippen LogP) is 4.50. The first-order chi connectivity index (χ1) is 13.4. The number of nitrogens with zero attached hydrogens (tertiary/aromatic N) is 6. The zero-order chi connectivity index (χ0) is 19.9. The molecule has 2 heterocycles. The van der Waals surface area contributed by atoms with Crippen LogP contribution in [0.2, 0.25) is 5.02 Å². The lowest BCUT2D eigenvalue weighted by molar-refractivity contribution is -0.142. The summed E-state index contributed by atoms with van der Waals surface area (Å²) in [4.78, 5) is 0. The van der Waals surface area contributed by atoms with Gasteiger partial charge in [0, 0.05) is 0 Å². The van der Waals surface area contributed by atoms with Crippen molar-refractivity contribution >= 4 is 11.6 Å². The minimum atomic E-state index is -4.71. The molecule has 142 valence electrons. The van der Waals surface area contributed by atoms with Gasteiger partial charge in [0.05, 0.1) is 28.2 Å². The molecule has 0 N–H and O–H groups in total. The van der Waals surface area contributed by atoms with E-state index in [2.05, 4.69) is 20.6 Å². The predicted molar refractivity (Wildman–Crippen MR) is 96.5 cm³/mol. The van der Waals surface area contributed by atoms with Crippen molar-refractivity contribution in [2.45, 2.75) is 13.1 Å². The van der Waals surface area contributed by atoms with E-state index in [0.29, 0.717) is 5.69 Å². The Hall–Kier alpha value is -3.20. The minimum Gasteiger partial charge on any atom is -0.226 e. The molecule has 4 aromatic rings. The third kappa shape index (κ3) is 3.13. The Morgan fingerprint density at radius 3 is 2.36 bits per heavy atom. The Morgan fingerprint density at radius 2 is 1.68 bits per heavy atom. The van der Waals surface area contributed by atoms with E-state index in [1.807, 2.05) is 19.1 Å². The van der Waals surface area contributed by atoms with Crippen molar-refractivity contribution in [1.82, 2.24) is 30.0 Å². The number of aromatic nitrogens is 6. The maximum atomic E-state index is 14.0. The number of para-hydroxylation sites is 1. The molecule has 4 rings (SSSR count). The third-order valence-corrected chi connectivity index (χ3v) is 4.43. The van der Waals surface area contributed by atoms with Crippen LogP contribution in [-0.2, 0) is 6.18 Å². The van der Waals surface area contributed by atoms with E-state index in [9.17, 15) is 13.2 Å².